The van der Waals surface area contributed by atoms with Gasteiger partial charge < -0.3 is 9.67 Å². The highest BCUT2D eigenvalue weighted by atomic mass is 32.2. The minimum absolute atomic E-state index is 0.0328. The second-order valence-electron chi connectivity index (χ2n) is 4.37. The van der Waals surface area contributed by atoms with Crippen molar-refractivity contribution in [1.82, 2.24) is 9.55 Å². The number of aromatic nitrogens is 2. The summed E-state index contributed by atoms with van der Waals surface area (Å²) in [4.78, 5) is 15.5. The van der Waals surface area contributed by atoms with Gasteiger partial charge in [-0.05, 0) is 43.4 Å². The molecule has 0 spiro atoms. The molecule has 18 heavy (non-hydrogen) atoms. The quantitative estimate of drug-likeness (QED) is 0.922. The van der Waals surface area contributed by atoms with E-state index in [0.717, 1.165) is 28.2 Å². The van der Waals surface area contributed by atoms with E-state index in [1.54, 1.807) is 16.3 Å². The molecule has 0 saturated heterocycles. The van der Waals surface area contributed by atoms with Crippen LogP contribution in [0.1, 0.15) is 17.0 Å². The molecule has 1 aromatic heterocycles. The Labute approximate surface area is 110 Å². The number of aryl methyl sites for hydroxylation is 2. The maximum Gasteiger partial charge on any atom is 0.323 e. The Morgan fingerprint density at radius 1 is 1.39 bits per heavy atom. The first-order valence-corrected chi connectivity index (χ1v) is 7.09. The van der Waals surface area contributed by atoms with Gasteiger partial charge in [0.1, 0.15) is 12.4 Å². The monoisotopic (exact) mass is 264 g/mol. The SMILES string of the molecule is CSCc1nc2cc(C)c(C)cc2n1CC(=O)O. The Hall–Kier alpha value is -1.49. The van der Waals surface area contributed by atoms with Gasteiger partial charge >= 0.3 is 5.97 Å². The van der Waals surface area contributed by atoms with Crippen molar-refractivity contribution >= 4 is 28.8 Å². The number of carboxylic acid groups (broad SMARTS) is 1. The van der Waals surface area contributed by atoms with Crippen LogP contribution < -0.4 is 0 Å². The molecule has 0 amide bonds. The second kappa shape index (κ2) is 5.02. The van der Waals surface area contributed by atoms with Gasteiger partial charge in [-0.15, -0.1) is 0 Å². The number of thioether (sulfide) groups is 1. The zero-order valence-electron chi connectivity index (χ0n) is 10.7. The Kier molecular flexibility index (Phi) is 3.61. The van der Waals surface area contributed by atoms with E-state index in [0.29, 0.717) is 0 Å². The summed E-state index contributed by atoms with van der Waals surface area (Å²) in [7, 11) is 0. The fourth-order valence-electron chi connectivity index (χ4n) is 1.98. The van der Waals surface area contributed by atoms with Crippen LogP contribution in [-0.4, -0.2) is 26.9 Å². The lowest BCUT2D eigenvalue weighted by Gasteiger charge is -2.06. The van der Waals surface area contributed by atoms with Gasteiger partial charge in [-0.1, -0.05) is 0 Å². The first-order valence-electron chi connectivity index (χ1n) is 5.70. The standard InChI is InChI=1S/C13H16N2O2S/c1-8-4-10-11(5-9(8)2)15(6-13(16)17)12(14-10)7-18-3/h4-5H,6-7H2,1-3H3,(H,16,17). The van der Waals surface area contributed by atoms with E-state index in [4.69, 9.17) is 5.11 Å². The van der Waals surface area contributed by atoms with Crippen LogP contribution in [0.25, 0.3) is 11.0 Å². The van der Waals surface area contributed by atoms with Crippen molar-refractivity contribution in [3.05, 3.63) is 29.1 Å². The summed E-state index contributed by atoms with van der Waals surface area (Å²) >= 11 is 1.64. The first-order chi connectivity index (χ1) is 8.52. The van der Waals surface area contributed by atoms with Crippen molar-refractivity contribution in [2.24, 2.45) is 0 Å². The molecule has 1 N–H and O–H groups in total. The predicted octanol–water partition coefficient (Wildman–Crippen LogP) is 2.60. The summed E-state index contributed by atoms with van der Waals surface area (Å²) in [6, 6.07) is 4.04. The lowest BCUT2D eigenvalue weighted by molar-refractivity contribution is -0.137. The number of nitrogens with zero attached hydrogens (tertiary/aromatic N) is 2. The average Bonchev–Trinajstić information content (AvgIpc) is 2.58. The van der Waals surface area contributed by atoms with E-state index in [1.807, 2.05) is 32.2 Å². The van der Waals surface area contributed by atoms with Crippen LogP contribution in [-0.2, 0) is 17.1 Å². The highest BCUT2D eigenvalue weighted by molar-refractivity contribution is 7.97. The maximum absolute atomic E-state index is 11.0. The summed E-state index contributed by atoms with van der Waals surface area (Å²) in [5, 5.41) is 9.01. The summed E-state index contributed by atoms with van der Waals surface area (Å²) < 4.78 is 1.79. The van der Waals surface area contributed by atoms with Gasteiger partial charge in [-0.2, -0.15) is 11.8 Å². The van der Waals surface area contributed by atoms with E-state index < -0.39 is 5.97 Å². The number of hydrogen-bond acceptors (Lipinski definition) is 3. The van der Waals surface area contributed by atoms with Crippen molar-refractivity contribution in [1.29, 1.82) is 0 Å². The van der Waals surface area contributed by atoms with Crippen LogP contribution >= 0.6 is 11.8 Å². The number of imidazole rings is 1. The normalized spacial score (nSPS) is 11.1. The molecule has 0 radical (unpaired) electrons. The van der Waals surface area contributed by atoms with Crippen molar-refractivity contribution in [3.63, 3.8) is 0 Å². The number of rotatable bonds is 4. The molecule has 5 heteroatoms. The van der Waals surface area contributed by atoms with Crippen LogP contribution in [0.4, 0.5) is 0 Å². The van der Waals surface area contributed by atoms with E-state index >= 15 is 0 Å². The topological polar surface area (TPSA) is 55.1 Å². The summed E-state index contributed by atoms with van der Waals surface area (Å²) in [6.45, 7) is 4.04. The highest BCUT2D eigenvalue weighted by Gasteiger charge is 2.13. The van der Waals surface area contributed by atoms with Gasteiger partial charge in [0.05, 0.1) is 16.8 Å². The average molecular weight is 264 g/mol. The van der Waals surface area contributed by atoms with Crippen molar-refractivity contribution < 1.29 is 9.90 Å². The number of hydrogen-bond donors (Lipinski definition) is 1. The Balaban J connectivity index is 2.64. The van der Waals surface area contributed by atoms with Crippen LogP contribution in [0.15, 0.2) is 12.1 Å². The van der Waals surface area contributed by atoms with Crippen LogP contribution in [0.2, 0.25) is 0 Å². The Morgan fingerprint density at radius 2 is 2.06 bits per heavy atom. The largest absolute Gasteiger partial charge is 0.480 e. The molecule has 2 rings (SSSR count). The predicted molar refractivity (Wildman–Crippen MR) is 74.1 cm³/mol. The third-order valence-corrected chi connectivity index (χ3v) is 3.56. The first kappa shape index (κ1) is 13.0. The van der Waals surface area contributed by atoms with Gasteiger partial charge in [0.2, 0.25) is 0 Å². The van der Waals surface area contributed by atoms with Gasteiger partial charge in [-0.25, -0.2) is 4.98 Å². The summed E-state index contributed by atoms with van der Waals surface area (Å²) in [5.74, 6) is 0.708. The third kappa shape index (κ3) is 2.36. The molecular weight excluding hydrogens is 248 g/mol. The number of fused-ring (bicyclic) bond motifs is 1. The zero-order valence-corrected chi connectivity index (χ0v) is 11.5. The molecule has 0 bridgehead atoms. The number of benzene rings is 1. The summed E-state index contributed by atoms with van der Waals surface area (Å²) in [6.07, 6.45) is 1.99. The van der Waals surface area contributed by atoms with E-state index in [-0.39, 0.29) is 6.54 Å². The number of carboxylic acids is 1. The summed E-state index contributed by atoms with van der Waals surface area (Å²) in [5.41, 5.74) is 4.12. The van der Waals surface area contributed by atoms with Gasteiger partial charge in [0.15, 0.2) is 0 Å². The zero-order chi connectivity index (χ0) is 13.3. The molecular formula is C13H16N2O2S. The van der Waals surface area contributed by atoms with E-state index in [2.05, 4.69) is 4.98 Å². The molecule has 0 fully saturated rings. The smallest absolute Gasteiger partial charge is 0.323 e. The Morgan fingerprint density at radius 3 is 2.67 bits per heavy atom. The lowest BCUT2D eigenvalue weighted by Crippen LogP contribution is -2.11. The minimum Gasteiger partial charge on any atom is -0.480 e. The van der Waals surface area contributed by atoms with Crippen LogP contribution in [0, 0.1) is 13.8 Å². The van der Waals surface area contributed by atoms with E-state index in [1.165, 1.54) is 5.56 Å². The van der Waals surface area contributed by atoms with E-state index in [9.17, 15) is 4.79 Å². The molecule has 96 valence electrons. The molecule has 1 aromatic carbocycles. The second-order valence-corrected chi connectivity index (χ2v) is 5.23. The number of aliphatic carboxylic acids is 1. The fourth-order valence-corrected chi connectivity index (χ4v) is 2.46. The number of carbonyl (C=O) groups is 1. The molecule has 0 atom stereocenters. The van der Waals surface area contributed by atoms with Crippen molar-refractivity contribution in [2.45, 2.75) is 26.1 Å². The molecule has 0 aliphatic heterocycles. The van der Waals surface area contributed by atoms with Gasteiger partial charge in [0, 0.05) is 0 Å². The molecule has 4 nitrogen and oxygen atoms in total. The molecule has 0 unspecified atom stereocenters. The minimum atomic E-state index is -0.838. The van der Waals surface area contributed by atoms with Crippen molar-refractivity contribution in [2.75, 3.05) is 6.26 Å². The Bertz CT molecular complexity index is 605. The molecule has 1 heterocycles. The molecule has 0 aliphatic carbocycles. The van der Waals surface area contributed by atoms with Gasteiger partial charge in [-0.3, -0.25) is 4.79 Å². The molecule has 2 aromatic rings. The third-order valence-electron chi connectivity index (χ3n) is 3.01. The molecule has 0 saturated carbocycles. The lowest BCUT2D eigenvalue weighted by atomic mass is 10.1. The van der Waals surface area contributed by atoms with Gasteiger partial charge in [0.25, 0.3) is 0 Å². The highest BCUT2D eigenvalue weighted by Crippen LogP contribution is 2.22. The van der Waals surface area contributed by atoms with Crippen molar-refractivity contribution in [3.8, 4) is 0 Å². The maximum atomic E-state index is 11.0. The van der Waals surface area contributed by atoms with Crippen LogP contribution in [0.3, 0.4) is 0 Å². The molecule has 0 aliphatic rings. The van der Waals surface area contributed by atoms with Crippen LogP contribution in [0.5, 0.6) is 0 Å². The fraction of sp³-hybridized carbons (Fsp3) is 0.385.